The molecule has 0 amide bonds. The summed E-state index contributed by atoms with van der Waals surface area (Å²) in [7, 11) is 0. The van der Waals surface area contributed by atoms with E-state index in [1.54, 1.807) is 0 Å². The number of nitrogens with one attached hydrogen (secondary N) is 2. The summed E-state index contributed by atoms with van der Waals surface area (Å²) in [6, 6.07) is 8.36. The van der Waals surface area contributed by atoms with Crippen molar-refractivity contribution in [2.24, 2.45) is 0 Å². The molecule has 1 heterocycles. The summed E-state index contributed by atoms with van der Waals surface area (Å²) in [6.45, 7) is 4.56. The summed E-state index contributed by atoms with van der Waals surface area (Å²) >= 11 is 0. The van der Waals surface area contributed by atoms with E-state index in [1.165, 1.54) is 11.1 Å². The van der Waals surface area contributed by atoms with Gasteiger partial charge in [0.2, 0.25) is 0 Å². The zero-order valence-electron chi connectivity index (χ0n) is 8.29. The zero-order valence-corrected chi connectivity index (χ0v) is 8.29. The van der Waals surface area contributed by atoms with Gasteiger partial charge in [-0.2, -0.15) is 0 Å². The van der Waals surface area contributed by atoms with Crippen molar-refractivity contribution in [3.8, 4) is 0 Å². The van der Waals surface area contributed by atoms with Gasteiger partial charge >= 0.3 is 0 Å². The average Bonchev–Trinajstić information content (AvgIpc) is 2.24. The molecule has 0 saturated carbocycles. The van der Waals surface area contributed by atoms with Crippen LogP contribution >= 0.6 is 0 Å². The monoisotopic (exact) mass is 188 g/mol. The Bertz CT molecular complexity index is 277. The summed E-state index contributed by atoms with van der Waals surface area (Å²) < 4.78 is 0. The van der Waals surface area contributed by atoms with Crippen LogP contribution in [-0.2, 0) is 0 Å². The van der Waals surface area contributed by atoms with Crippen LogP contribution in [-0.4, -0.2) is 26.2 Å². The Hall–Kier alpha value is -1.12. The third-order valence-electron chi connectivity index (χ3n) is 2.40. The van der Waals surface area contributed by atoms with Crippen LogP contribution in [0, 0.1) is 0 Å². The minimum Gasteiger partial charge on any atom is -0.314 e. The van der Waals surface area contributed by atoms with Crippen LogP contribution in [0.15, 0.2) is 24.3 Å². The molecule has 1 aliphatic heterocycles. The molecule has 1 aromatic carbocycles. The van der Waals surface area contributed by atoms with Gasteiger partial charge in [-0.1, -0.05) is 36.4 Å². The van der Waals surface area contributed by atoms with Crippen molar-refractivity contribution >= 4 is 12.2 Å². The van der Waals surface area contributed by atoms with Gasteiger partial charge in [-0.15, -0.1) is 0 Å². The highest BCUT2D eigenvalue weighted by Gasteiger charge is 1.99. The van der Waals surface area contributed by atoms with Crippen molar-refractivity contribution in [2.45, 2.75) is 0 Å². The van der Waals surface area contributed by atoms with Crippen LogP contribution in [0.25, 0.3) is 12.2 Å². The molecule has 0 unspecified atom stereocenters. The zero-order chi connectivity index (χ0) is 9.64. The third kappa shape index (κ3) is 2.44. The van der Waals surface area contributed by atoms with E-state index in [0.29, 0.717) is 0 Å². The third-order valence-corrected chi connectivity index (χ3v) is 2.40. The minimum atomic E-state index is 1.14. The van der Waals surface area contributed by atoms with E-state index < -0.39 is 0 Å². The SMILES string of the molecule is C1=Cc2ccccc21.C1CNCCN1. The van der Waals surface area contributed by atoms with Crippen molar-refractivity contribution in [1.29, 1.82) is 0 Å². The van der Waals surface area contributed by atoms with Crippen molar-refractivity contribution in [1.82, 2.24) is 10.6 Å². The molecule has 3 rings (SSSR count). The number of hydrogen-bond acceptors (Lipinski definition) is 2. The lowest BCUT2D eigenvalue weighted by molar-refractivity contribution is 0.534. The Morgan fingerprint density at radius 3 is 1.36 bits per heavy atom. The van der Waals surface area contributed by atoms with Gasteiger partial charge in [0.1, 0.15) is 0 Å². The van der Waals surface area contributed by atoms with Gasteiger partial charge in [0.25, 0.3) is 0 Å². The number of piperazine rings is 1. The van der Waals surface area contributed by atoms with E-state index in [9.17, 15) is 0 Å². The molecule has 0 spiro atoms. The van der Waals surface area contributed by atoms with E-state index in [0.717, 1.165) is 26.2 Å². The topological polar surface area (TPSA) is 24.1 Å². The van der Waals surface area contributed by atoms with Gasteiger partial charge < -0.3 is 10.6 Å². The van der Waals surface area contributed by atoms with E-state index in [2.05, 4.69) is 47.1 Å². The molecule has 2 N–H and O–H groups in total. The molecule has 1 aromatic rings. The molecular formula is C12H16N2. The Morgan fingerprint density at radius 2 is 1.14 bits per heavy atom. The van der Waals surface area contributed by atoms with Crippen molar-refractivity contribution < 1.29 is 0 Å². The van der Waals surface area contributed by atoms with Crippen LogP contribution in [0.2, 0.25) is 0 Å². The van der Waals surface area contributed by atoms with E-state index >= 15 is 0 Å². The van der Waals surface area contributed by atoms with Gasteiger partial charge in [0, 0.05) is 26.2 Å². The van der Waals surface area contributed by atoms with Crippen molar-refractivity contribution in [3.05, 3.63) is 35.4 Å². The Labute approximate surface area is 85.0 Å². The Morgan fingerprint density at radius 1 is 0.714 bits per heavy atom. The highest BCUT2D eigenvalue weighted by Crippen LogP contribution is 2.21. The molecule has 14 heavy (non-hydrogen) atoms. The molecule has 2 aliphatic rings. The first-order valence-corrected chi connectivity index (χ1v) is 5.15. The number of fused-ring (bicyclic) bond motifs is 1. The first kappa shape index (κ1) is 9.44. The first-order chi connectivity index (χ1) is 6.97. The van der Waals surface area contributed by atoms with Crippen LogP contribution in [0.5, 0.6) is 0 Å². The molecule has 2 heteroatoms. The van der Waals surface area contributed by atoms with Gasteiger partial charge in [-0.25, -0.2) is 0 Å². The molecule has 1 aliphatic carbocycles. The fourth-order valence-electron chi connectivity index (χ4n) is 1.50. The lowest BCUT2D eigenvalue weighted by Crippen LogP contribution is -2.39. The van der Waals surface area contributed by atoms with Crippen molar-refractivity contribution in [2.75, 3.05) is 26.2 Å². The normalized spacial score (nSPS) is 17.4. The summed E-state index contributed by atoms with van der Waals surface area (Å²) in [4.78, 5) is 0. The van der Waals surface area contributed by atoms with Crippen LogP contribution in [0.4, 0.5) is 0 Å². The summed E-state index contributed by atoms with van der Waals surface area (Å²) in [6.07, 6.45) is 4.24. The molecular weight excluding hydrogens is 172 g/mol. The van der Waals surface area contributed by atoms with Crippen LogP contribution in [0.3, 0.4) is 0 Å². The molecule has 0 aromatic heterocycles. The second-order valence-corrected chi connectivity index (χ2v) is 3.46. The Kier molecular flexibility index (Phi) is 3.33. The van der Waals surface area contributed by atoms with Gasteiger partial charge in [-0.05, 0) is 11.1 Å². The largest absolute Gasteiger partial charge is 0.314 e. The summed E-state index contributed by atoms with van der Waals surface area (Å²) in [5.41, 5.74) is 2.74. The van der Waals surface area contributed by atoms with E-state index in [4.69, 9.17) is 0 Å². The maximum atomic E-state index is 3.22. The number of rotatable bonds is 0. The highest BCUT2D eigenvalue weighted by molar-refractivity contribution is 5.85. The van der Waals surface area contributed by atoms with Gasteiger partial charge in [0.15, 0.2) is 0 Å². The van der Waals surface area contributed by atoms with E-state index in [1.807, 2.05) is 0 Å². The smallest absolute Gasteiger partial charge is 0.00772 e. The van der Waals surface area contributed by atoms with Crippen molar-refractivity contribution in [3.63, 3.8) is 0 Å². The summed E-state index contributed by atoms with van der Waals surface area (Å²) in [5, 5.41) is 6.44. The molecule has 1 fully saturated rings. The molecule has 0 atom stereocenters. The lowest BCUT2D eigenvalue weighted by atomic mass is 9.99. The fraction of sp³-hybridized carbons (Fsp3) is 0.333. The van der Waals surface area contributed by atoms with Gasteiger partial charge in [-0.3, -0.25) is 0 Å². The fourth-order valence-corrected chi connectivity index (χ4v) is 1.50. The summed E-state index contributed by atoms with van der Waals surface area (Å²) in [5.74, 6) is 0. The minimum absolute atomic E-state index is 1.14. The molecule has 0 bridgehead atoms. The van der Waals surface area contributed by atoms with Crippen LogP contribution < -0.4 is 10.6 Å². The maximum absolute atomic E-state index is 3.22. The first-order valence-electron chi connectivity index (χ1n) is 5.15. The second-order valence-electron chi connectivity index (χ2n) is 3.46. The number of hydrogen-bond donors (Lipinski definition) is 2. The standard InChI is InChI=1S/C8H6.C4H10N2/c1-2-4-8-6-5-7(8)3-1;1-2-6-4-3-5-1/h1-6H;5-6H,1-4H2. The average molecular weight is 188 g/mol. The molecule has 1 saturated heterocycles. The van der Waals surface area contributed by atoms with Crippen LogP contribution in [0.1, 0.15) is 11.1 Å². The number of benzene rings is 1. The quantitative estimate of drug-likeness (QED) is 0.652. The maximum Gasteiger partial charge on any atom is 0.00772 e. The molecule has 0 radical (unpaired) electrons. The highest BCUT2D eigenvalue weighted by atomic mass is 15.0. The van der Waals surface area contributed by atoms with Gasteiger partial charge in [0.05, 0.1) is 0 Å². The predicted molar refractivity (Wildman–Crippen MR) is 61.1 cm³/mol. The lowest BCUT2D eigenvalue weighted by Gasteiger charge is -2.11. The predicted octanol–water partition coefficient (Wildman–Crippen LogP) is 1.35. The van der Waals surface area contributed by atoms with E-state index in [-0.39, 0.29) is 0 Å². The second kappa shape index (κ2) is 4.94. The Balaban J connectivity index is 0.000000112. The molecule has 2 nitrogen and oxygen atoms in total. The molecule has 74 valence electrons.